The first-order valence-corrected chi connectivity index (χ1v) is 8.33. The first kappa shape index (κ1) is 14.5. The average molecular weight is 306 g/mol. The van der Waals surface area contributed by atoms with Crippen LogP contribution in [0.1, 0.15) is 33.8 Å². The van der Waals surface area contributed by atoms with Gasteiger partial charge in [-0.05, 0) is 50.7 Å². The largest absolute Gasteiger partial charge is 0.306 e. The van der Waals surface area contributed by atoms with Gasteiger partial charge in [0, 0.05) is 29.8 Å². The van der Waals surface area contributed by atoms with Crippen LogP contribution >= 0.6 is 0 Å². The summed E-state index contributed by atoms with van der Waals surface area (Å²) in [6, 6.07) is 16.5. The smallest absolute Gasteiger partial charge is 0.258 e. The summed E-state index contributed by atoms with van der Waals surface area (Å²) < 4.78 is 0. The van der Waals surface area contributed by atoms with Crippen molar-refractivity contribution in [3.05, 3.63) is 65.2 Å². The molecule has 0 unspecified atom stereocenters. The van der Waals surface area contributed by atoms with E-state index in [9.17, 15) is 4.79 Å². The highest BCUT2D eigenvalue weighted by atomic mass is 16.2. The normalized spacial score (nSPS) is 23.5. The number of benzene rings is 2. The molecule has 118 valence electrons. The minimum Gasteiger partial charge on any atom is -0.306 e. The number of carbonyl (C=O) groups is 1. The fourth-order valence-electron chi connectivity index (χ4n) is 4.07. The van der Waals surface area contributed by atoms with Crippen molar-refractivity contribution < 1.29 is 4.79 Å². The van der Waals surface area contributed by atoms with E-state index >= 15 is 0 Å². The molecule has 0 saturated carbocycles. The number of likely N-dealkylation sites (tertiary alicyclic amines) is 1. The zero-order valence-electron chi connectivity index (χ0n) is 13.7. The molecule has 1 saturated heterocycles. The Bertz CT molecular complexity index is 741. The molecule has 2 aromatic carbocycles. The van der Waals surface area contributed by atoms with E-state index in [1.165, 1.54) is 11.1 Å². The maximum Gasteiger partial charge on any atom is 0.258 e. The molecule has 2 aliphatic rings. The molecule has 3 heteroatoms. The second-order valence-corrected chi connectivity index (χ2v) is 6.83. The van der Waals surface area contributed by atoms with Crippen LogP contribution in [-0.4, -0.2) is 37.0 Å². The molecule has 0 radical (unpaired) electrons. The van der Waals surface area contributed by atoms with Gasteiger partial charge in [-0.2, -0.15) is 0 Å². The van der Waals surface area contributed by atoms with Crippen LogP contribution in [0.25, 0.3) is 0 Å². The number of rotatable bonds is 1. The van der Waals surface area contributed by atoms with Crippen molar-refractivity contribution in [1.29, 1.82) is 0 Å². The predicted octanol–water partition coefficient (Wildman–Crippen LogP) is 3.44. The first-order chi connectivity index (χ1) is 11.1. The topological polar surface area (TPSA) is 23.6 Å². The fourth-order valence-corrected chi connectivity index (χ4v) is 4.07. The molecule has 3 nitrogen and oxygen atoms in total. The van der Waals surface area contributed by atoms with Gasteiger partial charge in [0.1, 0.15) is 0 Å². The zero-order valence-corrected chi connectivity index (χ0v) is 13.7. The van der Waals surface area contributed by atoms with Crippen LogP contribution in [0, 0.1) is 6.92 Å². The Hall–Kier alpha value is -2.13. The Morgan fingerprint density at radius 1 is 1.13 bits per heavy atom. The molecule has 23 heavy (non-hydrogen) atoms. The summed E-state index contributed by atoms with van der Waals surface area (Å²) in [5.74, 6) is 0.559. The van der Waals surface area contributed by atoms with E-state index in [0.717, 1.165) is 30.8 Å². The van der Waals surface area contributed by atoms with Crippen LogP contribution < -0.4 is 4.90 Å². The van der Waals surface area contributed by atoms with Crippen LogP contribution in [0.2, 0.25) is 0 Å². The molecule has 0 spiro atoms. The summed E-state index contributed by atoms with van der Waals surface area (Å²) >= 11 is 0. The Balaban J connectivity index is 1.79. The van der Waals surface area contributed by atoms with Crippen molar-refractivity contribution in [3.63, 3.8) is 0 Å². The Morgan fingerprint density at radius 2 is 1.91 bits per heavy atom. The third kappa shape index (κ3) is 2.36. The second-order valence-electron chi connectivity index (χ2n) is 6.83. The monoisotopic (exact) mass is 306 g/mol. The summed E-state index contributed by atoms with van der Waals surface area (Å²) in [5, 5.41) is 0. The number of aryl methyl sites for hydroxylation is 1. The standard InChI is InChI=1S/C20H22N2O/c1-14-8-9-18-16(12-14)17-13-21(2)11-10-19(17)22(18)20(23)15-6-4-3-5-7-15/h3-9,12,17,19H,10-11,13H2,1-2H3/t17-,19-/m0/s1. The van der Waals surface area contributed by atoms with E-state index in [2.05, 4.69) is 42.0 Å². The van der Waals surface area contributed by atoms with Crippen molar-refractivity contribution in [2.45, 2.75) is 25.3 Å². The van der Waals surface area contributed by atoms with Crippen molar-refractivity contribution >= 4 is 11.6 Å². The van der Waals surface area contributed by atoms with Crippen molar-refractivity contribution in [2.75, 3.05) is 25.0 Å². The van der Waals surface area contributed by atoms with Gasteiger partial charge in [-0.3, -0.25) is 4.79 Å². The molecule has 2 atom stereocenters. The Labute approximate surface area is 137 Å². The van der Waals surface area contributed by atoms with Gasteiger partial charge in [0.25, 0.3) is 5.91 Å². The van der Waals surface area contributed by atoms with Crippen molar-refractivity contribution in [1.82, 2.24) is 4.90 Å². The van der Waals surface area contributed by atoms with Crippen LogP contribution in [0.5, 0.6) is 0 Å². The van der Waals surface area contributed by atoms with Gasteiger partial charge in [-0.15, -0.1) is 0 Å². The Kier molecular flexibility index (Phi) is 3.46. The minimum absolute atomic E-state index is 0.132. The molecular weight excluding hydrogens is 284 g/mol. The highest BCUT2D eigenvalue weighted by Crippen LogP contribution is 2.45. The summed E-state index contributed by atoms with van der Waals surface area (Å²) in [5.41, 5.74) is 4.49. The molecule has 0 N–H and O–H groups in total. The van der Waals surface area contributed by atoms with Gasteiger partial charge < -0.3 is 9.80 Å². The third-order valence-corrected chi connectivity index (χ3v) is 5.19. The highest BCUT2D eigenvalue weighted by Gasteiger charge is 2.43. The molecule has 1 fully saturated rings. The number of likely N-dealkylation sites (N-methyl/N-ethyl adjacent to an activating group) is 1. The Morgan fingerprint density at radius 3 is 2.70 bits per heavy atom. The molecular formula is C20H22N2O. The lowest BCUT2D eigenvalue weighted by Crippen LogP contribution is -2.47. The van der Waals surface area contributed by atoms with Gasteiger partial charge in [0.2, 0.25) is 0 Å². The summed E-state index contributed by atoms with van der Waals surface area (Å²) in [4.78, 5) is 17.6. The molecule has 0 aliphatic carbocycles. The lowest BCUT2D eigenvalue weighted by molar-refractivity contribution is 0.0964. The van der Waals surface area contributed by atoms with E-state index in [4.69, 9.17) is 0 Å². The van der Waals surface area contributed by atoms with Crippen LogP contribution in [0.3, 0.4) is 0 Å². The first-order valence-electron chi connectivity index (χ1n) is 8.33. The average Bonchev–Trinajstić information content (AvgIpc) is 2.88. The van der Waals surface area contributed by atoms with Gasteiger partial charge in [0.05, 0.1) is 0 Å². The lowest BCUT2D eigenvalue weighted by atomic mass is 9.88. The van der Waals surface area contributed by atoms with Gasteiger partial charge in [0.15, 0.2) is 0 Å². The number of amides is 1. The van der Waals surface area contributed by atoms with Gasteiger partial charge in [-0.1, -0.05) is 35.9 Å². The summed E-state index contributed by atoms with van der Waals surface area (Å²) in [6.07, 6.45) is 1.04. The van der Waals surface area contributed by atoms with Crippen LogP contribution in [0.15, 0.2) is 48.5 Å². The lowest BCUT2D eigenvalue weighted by Gasteiger charge is -2.36. The number of anilines is 1. The number of piperidine rings is 1. The summed E-state index contributed by atoms with van der Waals surface area (Å²) in [6.45, 7) is 4.20. The quantitative estimate of drug-likeness (QED) is 0.806. The maximum atomic E-state index is 13.1. The molecule has 0 aromatic heterocycles. The number of hydrogen-bond donors (Lipinski definition) is 0. The molecule has 2 heterocycles. The minimum atomic E-state index is 0.132. The highest BCUT2D eigenvalue weighted by molar-refractivity contribution is 6.08. The van der Waals surface area contributed by atoms with Crippen molar-refractivity contribution in [3.8, 4) is 0 Å². The van der Waals surface area contributed by atoms with Crippen LogP contribution in [-0.2, 0) is 0 Å². The maximum absolute atomic E-state index is 13.1. The molecule has 2 aromatic rings. The van der Waals surface area contributed by atoms with Gasteiger partial charge >= 0.3 is 0 Å². The van der Waals surface area contributed by atoms with Crippen LogP contribution in [0.4, 0.5) is 5.69 Å². The van der Waals surface area contributed by atoms with E-state index in [0.29, 0.717) is 5.92 Å². The summed E-state index contributed by atoms with van der Waals surface area (Å²) in [7, 11) is 2.17. The van der Waals surface area contributed by atoms with Crippen molar-refractivity contribution in [2.24, 2.45) is 0 Å². The third-order valence-electron chi connectivity index (χ3n) is 5.19. The van der Waals surface area contributed by atoms with E-state index < -0.39 is 0 Å². The molecule has 4 rings (SSSR count). The number of carbonyl (C=O) groups excluding carboxylic acids is 1. The zero-order chi connectivity index (χ0) is 16.0. The fraction of sp³-hybridized carbons (Fsp3) is 0.350. The molecule has 1 amide bonds. The second kappa shape index (κ2) is 5.50. The molecule has 2 aliphatic heterocycles. The van der Waals surface area contributed by atoms with E-state index in [-0.39, 0.29) is 11.9 Å². The number of hydrogen-bond acceptors (Lipinski definition) is 2. The van der Waals surface area contributed by atoms with E-state index in [1.807, 2.05) is 30.3 Å². The SMILES string of the molecule is Cc1ccc2c(c1)[C@@H]1CN(C)CC[C@@H]1N2C(=O)c1ccccc1. The predicted molar refractivity (Wildman–Crippen MR) is 93.1 cm³/mol. The number of nitrogens with zero attached hydrogens (tertiary/aromatic N) is 2. The van der Waals surface area contributed by atoms with Gasteiger partial charge in [-0.25, -0.2) is 0 Å². The van der Waals surface area contributed by atoms with E-state index in [1.54, 1.807) is 0 Å². The molecule has 0 bridgehead atoms. The number of fused-ring (bicyclic) bond motifs is 3.